The highest BCUT2D eigenvalue weighted by molar-refractivity contribution is 9.10. The van der Waals surface area contributed by atoms with E-state index >= 15 is 0 Å². The number of aryl methyl sites for hydroxylation is 1. The van der Waals surface area contributed by atoms with Crippen molar-refractivity contribution in [3.8, 4) is 5.75 Å². The Morgan fingerprint density at radius 1 is 1.12 bits per heavy atom. The molecule has 2 aromatic rings. The van der Waals surface area contributed by atoms with Gasteiger partial charge in [0.25, 0.3) is 0 Å². The highest BCUT2D eigenvalue weighted by atomic mass is 79.9. The second kappa shape index (κ2) is 10.5. The van der Waals surface area contributed by atoms with Gasteiger partial charge in [0.1, 0.15) is 18.4 Å². The average molecular weight is 503 g/mol. The lowest BCUT2D eigenvalue weighted by atomic mass is 9.90. The van der Waals surface area contributed by atoms with Gasteiger partial charge >= 0.3 is 0 Å². The minimum absolute atomic E-state index is 0.0319. The number of rotatable bonds is 6. The predicted octanol–water partition coefficient (Wildman–Crippen LogP) is 3.65. The molecule has 2 aliphatic heterocycles. The smallest absolute Gasteiger partial charge is 0.244 e. The molecule has 0 bridgehead atoms. The first-order valence-electron chi connectivity index (χ1n) is 11.4. The maximum absolute atomic E-state index is 13.0. The summed E-state index contributed by atoms with van der Waals surface area (Å²) in [5.74, 6) is 0.950. The van der Waals surface area contributed by atoms with Gasteiger partial charge in [-0.05, 0) is 49.9 Å². The Morgan fingerprint density at radius 2 is 1.94 bits per heavy atom. The first-order valence-corrected chi connectivity index (χ1v) is 12.2. The van der Waals surface area contributed by atoms with Crippen molar-refractivity contribution in [1.29, 1.82) is 0 Å². The van der Waals surface area contributed by atoms with Gasteiger partial charge in [-0.15, -0.1) is 0 Å². The lowest BCUT2D eigenvalue weighted by molar-refractivity contribution is -0.140. The van der Waals surface area contributed by atoms with E-state index in [1.807, 2.05) is 47.2 Å². The zero-order chi connectivity index (χ0) is 22.5. The molecule has 2 amide bonds. The Labute approximate surface area is 197 Å². The highest BCUT2D eigenvalue weighted by Gasteiger charge is 2.35. The second-order valence-electron chi connectivity index (χ2n) is 8.86. The van der Waals surface area contributed by atoms with Crippen molar-refractivity contribution >= 4 is 27.7 Å². The number of piperidine rings is 2. The number of halogens is 1. The van der Waals surface area contributed by atoms with Crippen molar-refractivity contribution < 1.29 is 14.3 Å². The van der Waals surface area contributed by atoms with Gasteiger partial charge in [-0.3, -0.25) is 14.3 Å². The van der Waals surface area contributed by atoms with Crippen LogP contribution in [0.15, 0.2) is 41.1 Å². The molecular weight excluding hydrogens is 472 g/mol. The molecule has 2 saturated heterocycles. The van der Waals surface area contributed by atoms with E-state index in [9.17, 15) is 9.59 Å². The van der Waals surface area contributed by atoms with Gasteiger partial charge in [0, 0.05) is 55.6 Å². The topological polar surface area (TPSA) is 67.7 Å². The second-order valence-corrected chi connectivity index (χ2v) is 9.78. The van der Waals surface area contributed by atoms with Crippen LogP contribution in [-0.2, 0) is 16.1 Å². The summed E-state index contributed by atoms with van der Waals surface area (Å²) in [4.78, 5) is 29.8. The summed E-state index contributed by atoms with van der Waals surface area (Å²) in [5.41, 5.74) is 1.03. The molecule has 0 aliphatic carbocycles. The third-order valence-corrected chi connectivity index (χ3v) is 6.80. The number of nitrogens with zero attached hydrogens (tertiary/aromatic N) is 4. The Hall–Kier alpha value is -2.35. The molecule has 0 spiro atoms. The molecule has 0 unspecified atom stereocenters. The number of aromatic nitrogens is 2. The van der Waals surface area contributed by atoms with E-state index in [-0.39, 0.29) is 30.4 Å². The molecule has 1 aromatic carbocycles. The van der Waals surface area contributed by atoms with Crippen LogP contribution in [0.4, 0.5) is 0 Å². The van der Waals surface area contributed by atoms with Crippen LogP contribution in [0, 0.1) is 12.8 Å². The monoisotopic (exact) mass is 502 g/mol. The van der Waals surface area contributed by atoms with Crippen LogP contribution in [-0.4, -0.2) is 63.7 Å². The molecule has 0 saturated carbocycles. The first-order chi connectivity index (χ1) is 15.5. The van der Waals surface area contributed by atoms with Crippen LogP contribution in [0.5, 0.6) is 5.75 Å². The van der Waals surface area contributed by atoms with Gasteiger partial charge in [0.2, 0.25) is 11.8 Å². The van der Waals surface area contributed by atoms with E-state index in [1.165, 1.54) is 6.42 Å². The third kappa shape index (κ3) is 5.91. The summed E-state index contributed by atoms with van der Waals surface area (Å²) in [6.07, 6.45) is 7.97. The molecule has 0 N–H and O–H groups in total. The molecule has 1 aromatic heterocycles. The maximum Gasteiger partial charge on any atom is 0.244 e. The number of carbonyl (C=O) groups excluding carboxylic acids is 2. The number of ether oxygens (including phenoxy) is 1. The molecule has 32 heavy (non-hydrogen) atoms. The molecule has 7 nitrogen and oxygen atoms in total. The number of hydrogen-bond acceptors (Lipinski definition) is 4. The number of likely N-dealkylation sites (tertiary alicyclic amines) is 2. The van der Waals surface area contributed by atoms with Gasteiger partial charge in [-0.2, -0.15) is 5.10 Å². The van der Waals surface area contributed by atoms with E-state index < -0.39 is 0 Å². The van der Waals surface area contributed by atoms with Crippen LogP contribution in [0.25, 0.3) is 0 Å². The van der Waals surface area contributed by atoms with Gasteiger partial charge < -0.3 is 14.5 Å². The van der Waals surface area contributed by atoms with Gasteiger partial charge in [0.15, 0.2) is 0 Å². The molecule has 2 fully saturated rings. The zero-order valence-corrected chi connectivity index (χ0v) is 20.2. The molecule has 4 rings (SSSR count). The standard InChI is InChI=1S/C24H31BrN4O3/c1-18-14-26-29(15-18)17-24(31)28-11-8-22(32-21-7-5-6-20(25)13-21)19(16-28)12-23(30)27-9-3-2-4-10-27/h5-7,13-15,19,22H,2-4,8-12,16-17H2,1H3/t19-,22-/m0/s1. The zero-order valence-electron chi connectivity index (χ0n) is 18.6. The molecule has 3 heterocycles. The van der Waals surface area contributed by atoms with E-state index in [2.05, 4.69) is 21.0 Å². The van der Waals surface area contributed by atoms with Crippen LogP contribution >= 0.6 is 15.9 Å². The summed E-state index contributed by atoms with van der Waals surface area (Å²) in [7, 11) is 0. The van der Waals surface area contributed by atoms with E-state index in [1.54, 1.807) is 10.9 Å². The fraction of sp³-hybridized carbons (Fsp3) is 0.542. The van der Waals surface area contributed by atoms with Crippen LogP contribution in [0.3, 0.4) is 0 Å². The third-order valence-electron chi connectivity index (χ3n) is 6.31. The molecule has 2 atom stereocenters. The maximum atomic E-state index is 13.0. The summed E-state index contributed by atoms with van der Waals surface area (Å²) < 4.78 is 8.96. The lowest BCUT2D eigenvalue weighted by Gasteiger charge is -2.39. The van der Waals surface area contributed by atoms with Crippen molar-refractivity contribution in [2.24, 2.45) is 5.92 Å². The number of hydrogen-bond donors (Lipinski definition) is 0. The summed E-state index contributed by atoms with van der Waals surface area (Å²) >= 11 is 3.49. The van der Waals surface area contributed by atoms with Gasteiger partial charge in [-0.25, -0.2) is 0 Å². The van der Waals surface area contributed by atoms with Crippen LogP contribution in [0.1, 0.15) is 37.7 Å². The van der Waals surface area contributed by atoms with E-state index in [4.69, 9.17) is 4.74 Å². The van der Waals surface area contributed by atoms with Crippen LogP contribution < -0.4 is 4.74 Å². The Balaban J connectivity index is 1.44. The van der Waals surface area contributed by atoms with E-state index in [0.29, 0.717) is 25.9 Å². The predicted molar refractivity (Wildman–Crippen MR) is 125 cm³/mol. The molecule has 8 heteroatoms. The summed E-state index contributed by atoms with van der Waals surface area (Å²) in [5, 5.41) is 4.24. The normalized spacial score (nSPS) is 21.4. The van der Waals surface area contributed by atoms with Crippen molar-refractivity contribution in [1.82, 2.24) is 19.6 Å². The molecule has 0 radical (unpaired) electrons. The van der Waals surface area contributed by atoms with Gasteiger partial charge in [0.05, 0.1) is 6.20 Å². The average Bonchev–Trinajstić information content (AvgIpc) is 3.20. The van der Waals surface area contributed by atoms with E-state index in [0.717, 1.165) is 41.7 Å². The first kappa shape index (κ1) is 22.8. The number of benzene rings is 1. The minimum atomic E-state index is -0.103. The summed E-state index contributed by atoms with van der Waals surface area (Å²) in [6.45, 7) is 5.00. The van der Waals surface area contributed by atoms with Crippen molar-refractivity contribution in [2.75, 3.05) is 26.2 Å². The number of amides is 2. The fourth-order valence-electron chi connectivity index (χ4n) is 4.59. The molecular formula is C24H31BrN4O3. The quantitative estimate of drug-likeness (QED) is 0.604. The number of carbonyl (C=O) groups is 2. The Morgan fingerprint density at radius 3 is 2.66 bits per heavy atom. The SMILES string of the molecule is Cc1cnn(CC(=O)N2CC[C@H](Oc3cccc(Br)c3)[C@@H](CC(=O)N3CCCCC3)C2)c1. The fourth-order valence-corrected chi connectivity index (χ4v) is 4.97. The minimum Gasteiger partial charge on any atom is -0.490 e. The van der Waals surface area contributed by atoms with Crippen molar-refractivity contribution in [2.45, 2.75) is 51.7 Å². The van der Waals surface area contributed by atoms with Crippen LogP contribution in [0.2, 0.25) is 0 Å². The highest BCUT2D eigenvalue weighted by Crippen LogP contribution is 2.28. The summed E-state index contributed by atoms with van der Waals surface area (Å²) in [6, 6.07) is 7.79. The molecule has 172 valence electrons. The Bertz CT molecular complexity index is 941. The largest absolute Gasteiger partial charge is 0.490 e. The molecule has 2 aliphatic rings. The van der Waals surface area contributed by atoms with Gasteiger partial charge in [-0.1, -0.05) is 22.0 Å². The Kier molecular flexibility index (Phi) is 7.50. The lowest BCUT2D eigenvalue weighted by Crippen LogP contribution is -2.50. The van der Waals surface area contributed by atoms with Crippen molar-refractivity contribution in [3.05, 3.63) is 46.7 Å². The van der Waals surface area contributed by atoms with Crippen molar-refractivity contribution in [3.63, 3.8) is 0 Å².